The van der Waals surface area contributed by atoms with Gasteiger partial charge in [0, 0.05) is 15.1 Å². The smallest absolute Gasteiger partial charge is 0.124 e. The third kappa shape index (κ3) is 3.15. The zero-order chi connectivity index (χ0) is 14.7. The van der Waals surface area contributed by atoms with Gasteiger partial charge in [-0.25, -0.2) is 5.43 Å². The predicted octanol–water partition coefficient (Wildman–Crippen LogP) is 3.97. The lowest BCUT2D eigenvalue weighted by Gasteiger charge is -2.21. The molecule has 106 valence electrons. The van der Waals surface area contributed by atoms with Crippen LogP contribution in [0.2, 0.25) is 5.02 Å². The molecule has 1 atom stereocenters. The molecule has 0 fully saturated rings. The first kappa shape index (κ1) is 15.3. The van der Waals surface area contributed by atoms with Crippen molar-refractivity contribution in [1.29, 1.82) is 0 Å². The van der Waals surface area contributed by atoms with Gasteiger partial charge < -0.3 is 4.74 Å². The van der Waals surface area contributed by atoms with Crippen LogP contribution in [0.4, 0.5) is 0 Å². The van der Waals surface area contributed by atoms with Crippen LogP contribution in [0.15, 0.2) is 40.9 Å². The van der Waals surface area contributed by atoms with Gasteiger partial charge in [0.1, 0.15) is 5.75 Å². The van der Waals surface area contributed by atoms with E-state index in [0.717, 1.165) is 26.9 Å². The van der Waals surface area contributed by atoms with Gasteiger partial charge in [0.05, 0.1) is 13.2 Å². The second-order valence-electron chi connectivity index (χ2n) is 4.51. The average molecular weight is 356 g/mol. The van der Waals surface area contributed by atoms with Gasteiger partial charge in [0.25, 0.3) is 0 Å². The normalized spacial score (nSPS) is 12.2. The summed E-state index contributed by atoms with van der Waals surface area (Å²) >= 11 is 9.76. The summed E-state index contributed by atoms with van der Waals surface area (Å²) < 4.78 is 6.37. The number of hydrogen-bond donors (Lipinski definition) is 2. The maximum atomic E-state index is 6.30. The van der Waals surface area contributed by atoms with E-state index in [9.17, 15) is 0 Å². The van der Waals surface area contributed by atoms with Crippen molar-refractivity contribution >= 4 is 27.5 Å². The van der Waals surface area contributed by atoms with E-state index in [1.54, 1.807) is 7.11 Å². The largest absolute Gasteiger partial charge is 0.496 e. The second-order valence-corrected chi connectivity index (χ2v) is 5.83. The Bertz CT molecular complexity index is 619. The molecule has 0 spiro atoms. The molecule has 20 heavy (non-hydrogen) atoms. The number of aryl methyl sites for hydroxylation is 1. The van der Waals surface area contributed by atoms with Gasteiger partial charge in [-0.05, 0) is 36.8 Å². The summed E-state index contributed by atoms with van der Waals surface area (Å²) in [5.41, 5.74) is 5.80. The topological polar surface area (TPSA) is 47.3 Å². The minimum atomic E-state index is -0.241. The highest BCUT2D eigenvalue weighted by molar-refractivity contribution is 9.10. The Hall–Kier alpha value is -1.07. The lowest BCUT2D eigenvalue weighted by atomic mass is 9.97. The quantitative estimate of drug-likeness (QED) is 0.644. The van der Waals surface area contributed by atoms with Crippen molar-refractivity contribution < 1.29 is 4.74 Å². The van der Waals surface area contributed by atoms with Gasteiger partial charge in [-0.15, -0.1) is 0 Å². The first-order valence-corrected chi connectivity index (χ1v) is 7.29. The molecule has 0 aromatic heterocycles. The molecular weight excluding hydrogens is 340 g/mol. The van der Waals surface area contributed by atoms with Crippen LogP contribution in [0.1, 0.15) is 22.7 Å². The van der Waals surface area contributed by atoms with Crippen LogP contribution < -0.4 is 16.0 Å². The number of rotatable bonds is 4. The van der Waals surface area contributed by atoms with Crippen LogP contribution in [0.25, 0.3) is 0 Å². The van der Waals surface area contributed by atoms with Gasteiger partial charge in [-0.2, -0.15) is 0 Å². The SMILES string of the molecule is COc1ccc(C)cc1C(NN)c1cc(Br)ccc1Cl. The van der Waals surface area contributed by atoms with E-state index >= 15 is 0 Å². The Kier molecular flexibility index (Phi) is 5.05. The van der Waals surface area contributed by atoms with Gasteiger partial charge in [0.2, 0.25) is 0 Å². The van der Waals surface area contributed by atoms with E-state index in [4.69, 9.17) is 22.2 Å². The van der Waals surface area contributed by atoms with Gasteiger partial charge in [-0.1, -0.05) is 45.2 Å². The molecule has 3 N–H and O–H groups in total. The van der Waals surface area contributed by atoms with Crippen molar-refractivity contribution in [3.63, 3.8) is 0 Å². The molecule has 0 saturated heterocycles. The molecule has 0 aliphatic rings. The number of benzene rings is 2. The molecule has 0 saturated carbocycles. The summed E-state index contributed by atoms with van der Waals surface area (Å²) in [5, 5.41) is 0.653. The van der Waals surface area contributed by atoms with Crippen LogP contribution in [0.5, 0.6) is 5.75 Å². The van der Waals surface area contributed by atoms with Crippen molar-refractivity contribution in [2.75, 3.05) is 7.11 Å². The minimum Gasteiger partial charge on any atom is -0.496 e. The maximum Gasteiger partial charge on any atom is 0.124 e. The summed E-state index contributed by atoms with van der Waals surface area (Å²) in [6.07, 6.45) is 0. The van der Waals surface area contributed by atoms with Crippen molar-refractivity contribution in [3.8, 4) is 5.75 Å². The molecule has 2 rings (SSSR count). The Labute approximate surface area is 132 Å². The minimum absolute atomic E-state index is 0.241. The molecule has 0 radical (unpaired) electrons. The number of hydrazine groups is 1. The van der Waals surface area contributed by atoms with Crippen molar-refractivity contribution in [1.82, 2.24) is 5.43 Å². The lowest BCUT2D eigenvalue weighted by Crippen LogP contribution is -2.29. The van der Waals surface area contributed by atoms with E-state index in [-0.39, 0.29) is 6.04 Å². The van der Waals surface area contributed by atoms with Crippen LogP contribution in [0, 0.1) is 6.92 Å². The molecular formula is C15H16BrClN2O. The van der Waals surface area contributed by atoms with Gasteiger partial charge in [0.15, 0.2) is 0 Å². The molecule has 0 aliphatic heterocycles. The third-order valence-electron chi connectivity index (χ3n) is 3.13. The molecule has 1 unspecified atom stereocenters. The van der Waals surface area contributed by atoms with E-state index < -0.39 is 0 Å². The average Bonchev–Trinajstić information content (AvgIpc) is 2.44. The van der Waals surface area contributed by atoms with Crippen LogP contribution in [-0.4, -0.2) is 7.11 Å². The fourth-order valence-electron chi connectivity index (χ4n) is 2.16. The zero-order valence-electron chi connectivity index (χ0n) is 11.3. The van der Waals surface area contributed by atoms with E-state index in [0.29, 0.717) is 5.02 Å². The molecule has 0 bridgehead atoms. The molecule has 0 aliphatic carbocycles. The lowest BCUT2D eigenvalue weighted by molar-refractivity contribution is 0.404. The predicted molar refractivity (Wildman–Crippen MR) is 86.0 cm³/mol. The van der Waals surface area contributed by atoms with Crippen LogP contribution in [-0.2, 0) is 0 Å². The molecule has 2 aromatic rings. The van der Waals surface area contributed by atoms with Crippen molar-refractivity contribution in [2.24, 2.45) is 5.84 Å². The number of ether oxygens (including phenoxy) is 1. The summed E-state index contributed by atoms with van der Waals surface area (Å²) in [5.74, 6) is 6.52. The zero-order valence-corrected chi connectivity index (χ0v) is 13.6. The van der Waals surface area contributed by atoms with Gasteiger partial charge >= 0.3 is 0 Å². The first-order valence-electron chi connectivity index (χ1n) is 6.12. The number of halogens is 2. The molecule has 0 heterocycles. The van der Waals surface area contributed by atoms with E-state index in [1.807, 2.05) is 43.3 Å². The summed E-state index contributed by atoms with van der Waals surface area (Å²) in [6.45, 7) is 2.03. The fraction of sp³-hybridized carbons (Fsp3) is 0.200. The Morgan fingerprint density at radius 3 is 2.60 bits per heavy atom. The number of methoxy groups -OCH3 is 1. The Morgan fingerprint density at radius 2 is 1.95 bits per heavy atom. The molecule has 5 heteroatoms. The highest BCUT2D eigenvalue weighted by Gasteiger charge is 2.20. The Morgan fingerprint density at radius 1 is 1.20 bits per heavy atom. The van der Waals surface area contributed by atoms with Crippen LogP contribution >= 0.6 is 27.5 Å². The van der Waals surface area contributed by atoms with Crippen molar-refractivity contribution in [2.45, 2.75) is 13.0 Å². The third-order valence-corrected chi connectivity index (χ3v) is 3.97. The van der Waals surface area contributed by atoms with Gasteiger partial charge in [-0.3, -0.25) is 5.84 Å². The monoisotopic (exact) mass is 354 g/mol. The number of nitrogens with two attached hydrogens (primary N) is 1. The van der Waals surface area contributed by atoms with E-state index in [2.05, 4.69) is 21.4 Å². The fourth-order valence-corrected chi connectivity index (χ4v) is 2.77. The van der Waals surface area contributed by atoms with Crippen LogP contribution in [0.3, 0.4) is 0 Å². The maximum absolute atomic E-state index is 6.30. The molecule has 0 amide bonds. The van der Waals surface area contributed by atoms with E-state index in [1.165, 1.54) is 0 Å². The molecule has 3 nitrogen and oxygen atoms in total. The first-order chi connectivity index (χ1) is 9.56. The standard InChI is InChI=1S/C15H16BrClN2O/c1-9-3-6-14(20-2)12(7-9)15(19-18)11-8-10(16)4-5-13(11)17/h3-8,15,19H,18H2,1-2H3. The highest BCUT2D eigenvalue weighted by Crippen LogP contribution is 2.35. The van der Waals surface area contributed by atoms with Crippen molar-refractivity contribution in [3.05, 3.63) is 62.6 Å². The summed E-state index contributed by atoms with van der Waals surface area (Å²) in [6, 6.07) is 11.4. The molecule has 2 aromatic carbocycles. The summed E-state index contributed by atoms with van der Waals surface area (Å²) in [7, 11) is 1.64. The number of hydrogen-bond acceptors (Lipinski definition) is 3. The Balaban J connectivity index is 2.57. The second kappa shape index (κ2) is 6.59. The highest BCUT2D eigenvalue weighted by atomic mass is 79.9. The number of nitrogens with one attached hydrogen (secondary N) is 1. The summed E-state index contributed by atoms with van der Waals surface area (Å²) in [4.78, 5) is 0.